The van der Waals surface area contributed by atoms with Gasteiger partial charge < -0.3 is 24.3 Å². The minimum Gasteiger partial charge on any atom is -0.545 e. The zero-order valence-corrected chi connectivity index (χ0v) is 19.1. The molecule has 12 heteroatoms. The van der Waals surface area contributed by atoms with Crippen LogP contribution in [0.4, 0.5) is 13.2 Å². The van der Waals surface area contributed by atoms with E-state index in [1.807, 2.05) is 0 Å². The third kappa shape index (κ3) is 5.67. The van der Waals surface area contributed by atoms with Crippen molar-refractivity contribution < 1.29 is 37.3 Å². The van der Waals surface area contributed by atoms with Crippen LogP contribution in [0.2, 0.25) is 0 Å². The summed E-state index contributed by atoms with van der Waals surface area (Å²) in [6.45, 7) is 0.311. The molecule has 1 aliphatic heterocycles. The monoisotopic (exact) mass is 530 g/mol. The molecule has 0 radical (unpaired) electrons. The molecule has 0 spiro atoms. The summed E-state index contributed by atoms with van der Waals surface area (Å²) in [6, 6.07) is 6.09. The highest BCUT2D eigenvalue weighted by Gasteiger charge is 2.41. The molecular formula is C21H20BrF3N3O5-. The van der Waals surface area contributed by atoms with Crippen molar-refractivity contribution in [3.63, 3.8) is 0 Å². The van der Waals surface area contributed by atoms with Crippen molar-refractivity contribution >= 4 is 33.4 Å². The summed E-state index contributed by atoms with van der Waals surface area (Å²) in [7, 11) is 1.26. The third-order valence-electron chi connectivity index (χ3n) is 5.01. The summed E-state index contributed by atoms with van der Waals surface area (Å²) >= 11 is 2.90. The summed E-state index contributed by atoms with van der Waals surface area (Å²) < 4.78 is 51.8. The molecule has 1 aromatic heterocycles. The van der Waals surface area contributed by atoms with Crippen molar-refractivity contribution in [2.24, 2.45) is 0 Å². The van der Waals surface area contributed by atoms with Crippen LogP contribution in [-0.2, 0) is 33.7 Å². The Morgan fingerprint density at radius 2 is 1.91 bits per heavy atom. The van der Waals surface area contributed by atoms with Crippen molar-refractivity contribution in [1.29, 1.82) is 0 Å². The lowest BCUT2D eigenvalue weighted by molar-refractivity contribution is -0.295. The summed E-state index contributed by atoms with van der Waals surface area (Å²) in [5, 5.41) is 15.3. The van der Waals surface area contributed by atoms with Gasteiger partial charge in [-0.3, -0.25) is 4.79 Å². The molecule has 178 valence electrons. The fourth-order valence-corrected chi connectivity index (χ4v) is 4.05. The molecule has 3 rings (SSSR count). The molecule has 2 heterocycles. The SMILES string of the molecule is CO/C=C(/C(=O)[O-])c1ccccc1COc1nn(CC(=O)N2CCCC2)c(Br)c1C(F)(F)F. The molecule has 0 unspecified atom stereocenters. The van der Waals surface area contributed by atoms with Gasteiger partial charge in [-0.1, -0.05) is 24.3 Å². The first-order chi connectivity index (χ1) is 15.6. The maximum absolute atomic E-state index is 13.7. The van der Waals surface area contributed by atoms with Gasteiger partial charge >= 0.3 is 6.18 Å². The highest BCUT2D eigenvalue weighted by atomic mass is 79.9. The highest BCUT2D eigenvalue weighted by molar-refractivity contribution is 9.10. The van der Waals surface area contributed by atoms with E-state index in [-0.39, 0.29) is 29.2 Å². The van der Waals surface area contributed by atoms with Crippen molar-refractivity contribution in [3.05, 3.63) is 51.8 Å². The second kappa shape index (κ2) is 10.3. The van der Waals surface area contributed by atoms with Crippen LogP contribution in [0.1, 0.15) is 29.5 Å². The number of carbonyl (C=O) groups is 2. The van der Waals surface area contributed by atoms with Crippen LogP contribution in [0, 0.1) is 0 Å². The highest BCUT2D eigenvalue weighted by Crippen LogP contribution is 2.41. The van der Waals surface area contributed by atoms with Gasteiger partial charge in [-0.15, -0.1) is 5.10 Å². The van der Waals surface area contributed by atoms with E-state index in [4.69, 9.17) is 9.47 Å². The Labute approximate surface area is 195 Å². The Balaban J connectivity index is 1.89. The zero-order valence-electron chi connectivity index (χ0n) is 17.5. The minimum atomic E-state index is -4.81. The summed E-state index contributed by atoms with van der Waals surface area (Å²) in [5.74, 6) is -2.60. The first kappa shape index (κ1) is 24.6. The Bertz CT molecular complexity index is 1060. The molecule has 2 aromatic rings. The number of hydrogen-bond acceptors (Lipinski definition) is 6. The number of carboxylic acid groups (broad SMARTS) is 1. The van der Waals surface area contributed by atoms with E-state index in [1.165, 1.54) is 19.2 Å². The van der Waals surface area contributed by atoms with E-state index in [1.54, 1.807) is 17.0 Å². The predicted octanol–water partition coefficient (Wildman–Crippen LogP) is 2.60. The van der Waals surface area contributed by atoms with E-state index in [0.717, 1.165) is 23.8 Å². The number of methoxy groups -OCH3 is 1. The Morgan fingerprint density at radius 3 is 2.52 bits per heavy atom. The lowest BCUT2D eigenvalue weighted by atomic mass is 10.0. The molecule has 0 atom stereocenters. The molecule has 0 N–H and O–H groups in total. The minimum absolute atomic E-state index is 0.163. The van der Waals surface area contributed by atoms with Gasteiger partial charge in [-0.25, -0.2) is 4.68 Å². The number of likely N-dealkylation sites (tertiary alicyclic amines) is 1. The fourth-order valence-electron chi connectivity index (χ4n) is 3.45. The van der Waals surface area contributed by atoms with Gasteiger partial charge in [0.05, 0.1) is 19.3 Å². The molecular weight excluding hydrogens is 511 g/mol. The quantitative estimate of drug-likeness (QED) is 0.384. The van der Waals surface area contributed by atoms with Crippen LogP contribution in [0.25, 0.3) is 5.57 Å². The third-order valence-corrected chi connectivity index (χ3v) is 5.82. The summed E-state index contributed by atoms with van der Waals surface area (Å²) in [4.78, 5) is 25.4. The molecule has 1 amide bonds. The van der Waals surface area contributed by atoms with Crippen LogP contribution in [0.5, 0.6) is 5.88 Å². The molecule has 1 aromatic carbocycles. The molecule has 0 aliphatic carbocycles. The van der Waals surface area contributed by atoms with Gasteiger partial charge in [-0.05, 0) is 39.9 Å². The maximum atomic E-state index is 13.7. The largest absolute Gasteiger partial charge is 0.545 e. The molecule has 0 bridgehead atoms. The fraction of sp³-hybridized carbons (Fsp3) is 0.381. The van der Waals surface area contributed by atoms with Crippen molar-refractivity contribution in [2.45, 2.75) is 32.2 Å². The number of carbonyl (C=O) groups excluding carboxylic acids is 2. The number of benzene rings is 1. The van der Waals surface area contributed by atoms with Crippen molar-refractivity contribution in [1.82, 2.24) is 14.7 Å². The smallest absolute Gasteiger partial charge is 0.424 e. The van der Waals surface area contributed by atoms with Crippen molar-refractivity contribution in [2.75, 3.05) is 20.2 Å². The van der Waals surface area contributed by atoms with E-state index in [0.29, 0.717) is 13.1 Å². The second-order valence-corrected chi connectivity index (χ2v) is 7.97. The number of aromatic nitrogens is 2. The van der Waals surface area contributed by atoms with Gasteiger partial charge in [0, 0.05) is 18.7 Å². The maximum Gasteiger partial charge on any atom is 0.424 e. The number of rotatable bonds is 8. The number of alkyl halides is 3. The van der Waals surface area contributed by atoms with Crippen molar-refractivity contribution in [3.8, 4) is 5.88 Å². The van der Waals surface area contributed by atoms with E-state index in [9.17, 15) is 27.9 Å². The number of hydrogen-bond donors (Lipinski definition) is 0. The van der Waals surface area contributed by atoms with E-state index in [2.05, 4.69) is 21.0 Å². The van der Waals surface area contributed by atoms with Crippen LogP contribution >= 0.6 is 15.9 Å². The molecule has 1 fully saturated rings. The topological polar surface area (TPSA) is 96.7 Å². The average Bonchev–Trinajstić information content (AvgIpc) is 3.39. The van der Waals surface area contributed by atoms with E-state index >= 15 is 0 Å². The second-order valence-electron chi connectivity index (χ2n) is 7.21. The normalized spacial score (nSPS) is 14.5. The lowest BCUT2D eigenvalue weighted by Gasteiger charge is -2.15. The lowest BCUT2D eigenvalue weighted by Crippen LogP contribution is -2.31. The van der Waals surface area contributed by atoms with Gasteiger partial charge in [0.15, 0.2) is 5.56 Å². The Morgan fingerprint density at radius 1 is 1.24 bits per heavy atom. The number of halogens is 4. The van der Waals surface area contributed by atoms with Gasteiger partial charge in [0.1, 0.15) is 17.8 Å². The number of ether oxygens (including phenoxy) is 2. The number of amides is 1. The Hall–Kier alpha value is -3.02. The first-order valence-corrected chi connectivity index (χ1v) is 10.7. The van der Waals surface area contributed by atoms with Crippen LogP contribution in [-0.4, -0.2) is 46.8 Å². The molecule has 0 saturated carbocycles. The van der Waals surface area contributed by atoms with Crippen LogP contribution in [0.3, 0.4) is 0 Å². The molecule has 33 heavy (non-hydrogen) atoms. The zero-order chi connectivity index (χ0) is 24.2. The summed E-state index contributed by atoms with van der Waals surface area (Å²) in [5.41, 5.74) is -1.02. The van der Waals surface area contributed by atoms with Gasteiger partial charge in [-0.2, -0.15) is 13.2 Å². The number of aliphatic carboxylic acids is 1. The number of carboxylic acids is 1. The standard InChI is InChI=1S/C21H21BrF3N3O5/c1-32-12-15(20(30)31)14-7-3-2-6-13(14)11-33-19-17(21(23,24)25)18(22)28(26-19)10-16(29)27-8-4-5-9-27/h2-3,6-7,12H,4-5,8-11H2,1H3,(H,30,31)/p-1/b15-12+. The molecule has 1 aliphatic rings. The molecule has 8 nitrogen and oxygen atoms in total. The van der Waals surface area contributed by atoms with Gasteiger partial charge in [0.25, 0.3) is 0 Å². The van der Waals surface area contributed by atoms with E-state index < -0.39 is 34.8 Å². The molecule has 1 saturated heterocycles. The van der Waals surface area contributed by atoms with Gasteiger partial charge in [0.2, 0.25) is 11.8 Å². The Kier molecular flexibility index (Phi) is 7.67. The predicted molar refractivity (Wildman–Crippen MR) is 112 cm³/mol. The summed E-state index contributed by atoms with van der Waals surface area (Å²) in [6.07, 6.45) is -2.16. The number of nitrogens with zero attached hydrogens (tertiary/aromatic N) is 3. The van der Waals surface area contributed by atoms with Crippen LogP contribution < -0.4 is 9.84 Å². The average molecular weight is 531 g/mol. The van der Waals surface area contributed by atoms with Crippen LogP contribution in [0.15, 0.2) is 35.1 Å². The first-order valence-electron chi connectivity index (χ1n) is 9.90.